The lowest BCUT2D eigenvalue weighted by Gasteiger charge is -2.54. The SMILES string of the molecule is C=C(NC(=O)C(=C)N1Cc2c(cccc2-c2ccc(C(=O)N3CC4(COC4)C3)cc2)C1=O)C(=O)OC. The van der Waals surface area contributed by atoms with Crippen molar-refractivity contribution in [2.24, 2.45) is 5.41 Å². The number of hydrogen-bond donors (Lipinski definition) is 1. The van der Waals surface area contributed by atoms with Gasteiger partial charge in [-0.15, -0.1) is 0 Å². The van der Waals surface area contributed by atoms with Gasteiger partial charge in [-0.3, -0.25) is 19.3 Å². The van der Waals surface area contributed by atoms with Crippen LogP contribution in [0, 0.1) is 5.41 Å². The molecule has 2 aromatic carbocycles. The Morgan fingerprint density at radius 3 is 2.31 bits per heavy atom. The van der Waals surface area contributed by atoms with Crippen LogP contribution in [0.5, 0.6) is 0 Å². The molecule has 0 bridgehead atoms. The molecule has 36 heavy (non-hydrogen) atoms. The molecule has 3 heterocycles. The van der Waals surface area contributed by atoms with Crippen molar-refractivity contribution >= 4 is 23.7 Å². The van der Waals surface area contributed by atoms with Crippen molar-refractivity contribution in [2.45, 2.75) is 6.54 Å². The topological polar surface area (TPSA) is 105 Å². The zero-order valence-corrected chi connectivity index (χ0v) is 19.8. The van der Waals surface area contributed by atoms with Crippen LogP contribution in [0.15, 0.2) is 67.0 Å². The molecule has 0 aromatic heterocycles. The normalized spacial score (nSPS) is 17.1. The summed E-state index contributed by atoms with van der Waals surface area (Å²) in [5, 5.41) is 2.30. The molecule has 0 aliphatic carbocycles. The number of carbonyl (C=O) groups excluding carboxylic acids is 4. The van der Waals surface area contributed by atoms with Crippen LogP contribution in [-0.4, -0.2) is 66.9 Å². The van der Waals surface area contributed by atoms with Crippen molar-refractivity contribution in [1.29, 1.82) is 0 Å². The average Bonchev–Trinajstić information content (AvgIpc) is 3.17. The van der Waals surface area contributed by atoms with Crippen LogP contribution in [0.25, 0.3) is 11.1 Å². The maximum absolute atomic E-state index is 13.1. The average molecular weight is 488 g/mol. The summed E-state index contributed by atoms with van der Waals surface area (Å²) in [5.74, 6) is -1.89. The van der Waals surface area contributed by atoms with Gasteiger partial charge >= 0.3 is 5.97 Å². The minimum Gasteiger partial charge on any atom is -0.464 e. The smallest absolute Gasteiger partial charge is 0.353 e. The summed E-state index contributed by atoms with van der Waals surface area (Å²) in [7, 11) is 1.17. The van der Waals surface area contributed by atoms with Gasteiger partial charge in [-0.1, -0.05) is 37.4 Å². The summed E-state index contributed by atoms with van der Waals surface area (Å²) in [5.41, 5.74) is 3.28. The molecule has 2 aromatic rings. The molecule has 9 nitrogen and oxygen atoms in total. The first kappa shape index (κ1) is 23.5. The summed E-state index contributed by atoms with van der Waals surface area (Å²) < 4.78 is 9.80. The lowest BCUT2D eigenvalue weighted by atomic mass is 9.78. The van der Waals surface area contributed by atoms with E-state index < -0.39 is 11.9 Å². The number of hydrogen-bond acceptors (Lipinski definition) is 6. The molecule has 2 fully saturated rings. The molecule has 0 saturated carbocycles. The van der Waals surface area contributed by atoms with Gasteiger partial charge in [0, 0.05) is 24.2 Å². The third-order valence-corrected chi connectivity index (χ3v) is 6.85. The summed E-state index contributed by atoms with van der Waals surface area (Å²) in [6.45, 7) is 10.2. The number of methoxy groups -OCH3 is 1. The van der Waals surface area contributed by atoms with Crippen LogP contribution in [0.1, 0.15) is 26.3 Å². The number of ether oxygens (including phenoxy) is 2. The monoisotopic (exact) mass is 487 g/mol. The summed E-state index contributed by atoms with van der Waals surface area (Å²) in [6.07, 6.45) is 0. The van der Waals surface area contributed by atoms with Crippen LogP contribution in [0.4, 0.5) is 0 Å². The zero-order valence-electron chi connectivity index (χ0n) is 19.8. The van der Waals surface area contributed by atoms with Gasteiger partial charge in [0.25, 0.3) is 17.7 Å². The van der Waals surface area contributed by atoms with E-state index in [0.29, 0.717) is 11.1 Å². The van der Waals surface area contributed by atoms with E-state index in [9.17, 15) is 19.2 Å². The number of likely N-dealkylation sites (tertiary alicyclic amines) is 1. The second kappa shape index (κ2) is 8.76. The van der Waals surface area contributed by atoms with Gasteiger partial charge in [0.2, 0.25) is 0 Å². The minimum absolute atomic E-state index is 0.00503. The first-order valence-electron chi connectivity index (χ1n) is 11.4. The van der Waals surface area contributed by atoms with Gasteiger partial charge in [-0.05, 0) is 34.9 Å². The molecule has 0 unspecified atom stereocenters. The Bertz CT molecular complexity index is 1320. The third kappa shape index (κ3) is 3.87. The molecule has 3 amide bonds. The van der Waals surface area contributed by atoms with Gasteiger partial charge in [-0.25, -0.2) is 4.79 Å². The van der Waals surface area contributed by atoms with Gasteiger partial charge in [-0.2, -0.15) is 0 Å². The second-order valence-electron chi connectivity index (χ2n) is 9.33. The molecule has 2 saturated heterocycles. The van der Waals surface area contributed by atoms with Crippen molar-refractivity contribution in [1.82, 2.24) is 15.1 Å². The molecule has 1 N–H and O–H groups in total. The Labute approximate surface area is 208 Å². The number of carbonyl (C=O) groups is 4. The van der Waals surface area contributed by atoms with Crippen molar-refractivity contribution in [2.75, 3.05) is 33.4 Å². The summed E-state index contributed by atoms with van der Waals surface area (Å²) >= 11 is 0. The Morgan fingerprint density at radius 2 is 1.69 bits per heavy atom. The van der Waals surface area contributed by atoms with E-state index in [4.69, 9.17) is 4.74 Å². The highest BCUT2D eigenvalue weighted by Crippen LogP contribution is 2.38. The van der Waals surface area contributed by atoms with E-state index in [1.807, 2.05) is 23.1 Å². The highest BCUT2D eigenvalue weighted by atomic mass is 16.5. The molecule has 0 atom stereocenters. The molecule has 3 aliphatic rings. The van der Waals surface area contributed by atoms with E-state index >= 15 is 0 Å². The molecule has 1 spiro atoms. The highest BCUT2D eigenvalue weighted by molar-refractivity contribution is 6.08. The van der Waals surface area contributed by atoms with Gasteiger partial charge in [0.1, 0.15) is 11.4 Å². The largest absolute Gasteiger partial charge is 0.464 e. The van der Waals surface area contributed by atoms with Crippen LogP contribution < -0.4 is 5.32 Å². The van der Waals surface area contributed by atoms with Crippen molar-refractivity contribution in [3.8, 4) is 11.1 Å². The Hall–Kier alpha value is -4.24. The van der Waals surface area contributed by atoms with Gasteiger partial charge in [0.05, 0.1) is 32.3 Å². The summed E-state index contributed by atoms with van der Waals surface area (Å²) in [4.78, 5) is 53.0. The van der Waals surface area contributed by atoms with Crippen LogP contribution >= 0.6 is 0 Å². The quantitative estimate of drug-likeness (QED) is 0.494. The molecular weight excluding hydrogens is 462 g/mol. The predicted molar refractivity (Wildman–Crippen MR) is 129 cm³/mol. The fraction of sp³-hybridized carbons (Fsp3) is 0.259. The predicted octanol–water partition coefficient (Wildman–Crippen LogP) is 2.10. The summed E-state index contributed by atoms with van der Waals surface area (Å²) in [6, 6.07) is 12.7. The van der Waals surface area contributed by atoms with Crippen LogP contribution in [-0.2, 0) is 25.6 Å². The number of fused-ring (bicyclic) bond motifs is 1. The first-order chi connectivity index (χ1) is 17.2. The fourth-order valence-corrected chi connectivity index (χ4v) is 4.78. The van der Waals surface area contributed by atoms with Crippen molar-refractivity contribution in [3.05, 3.63) is 83.7 Å². The zero-order chi connectivity index (χ0) is 25.6. The number of rotatable bonds is 6. The number of benzene rings is 2. The standard InChI is InChI=1S/C27H25N3O6/c1-16(26(34)35-3)28-23(31)17(2)30-11-22-20(5-4-6-21(22)25(30)33)18-7-9-19(10-8-18)24(32)29-12-27(13-29)14-36-15-27/h4-10H,1-2,11-15H2,3H3,(H,28,31). The van der Waals surface area contributed by atoms with Crippen LogP contribution in [0.2, 0.25) is 0 Å². The van der Waals surface area contributed by atoms with Crippen molar-refractivity contribution < 1.29 is 28.7 Å². The molecule has 3 aliphatic heterocycles. The molecule has 184 valence electrons. The number of nitrogens with one attached hydrogen (secondary N) is 1. The van der Waals surface area contributed by atoms with Gasteiger partial charge in [0.15, 0.2) is 0 Å². The molecule has 9 heteroatoms. The lowest BCUT2D eigenvalue weighted by molar-refractivity contribution is -0.176. The molecule has 0 radical (unpaired) electrons. The maximum atomic E-state index is 13.1. The maximum Gasteiger partial charge on any atom is 0.353 e. The van der Waals surface area contributed by atoms with E-state index in [0.717, 1.165) is 43.0 Å². The minimum atomic E-state index is -0.790. The highest BCUT2D eigenvalue weighted by Gasteiger charge is 2.50. The molecular formula is C27H25N3O6. The Balaban J connectivity index is 1.31. The number of esters is 1. The van der Waals surface area contributed by atoms with Gasteiger partial charge < -0.3 is 19.7 Å². The third-order valence-electron chi connectivity index (χ3n) is 6.85. The van der Waals surface area contributed by atoms with Crippen molar-refractivity contribution in [3.63, 3.8) is 0 Å². The lowest BCUT2D eigenvalue weighted by Crippen LogP contribution is -2.67. The van der Waals surface area contributed by atoms with E-state index in [1.165, 1.54) is 12.0 Å². The second-order valence-corrected chi connectivity index (χ2v) is 9.33. The first-order valence-corrected chi connectivity index (χ1v) is 11.4. The Kier molecular flexibility index (Phi) is 5.72. The van der Waals surface area contributed by atoms with E-state index in [2.05, 4.69) is 23.2 Å². The number of amides is 3. The molecule has 5 rings (SSSR count). The van der Waals surface area contributed by atoms with E-state index in [-0.39, 0.29) is 35.2 Å². The van der Waals surface area contributed by atoms with E-state index in [1.54, 1.807) is 24.3 Å². The van der Waals surface area contributed by atoms with Crippen LogP contribution in [0.3, 0.4) is 0 Å². The Morgan fingerprint density at radius 1 is 1.03 bits per heavy atom. The number of nitrogens with zero attached hydrogens (tertiary/aromatic N) is 2. The fourth-order valence-electron chi connectivity index (χ4n) is 4.78.